The van der Waals surface area contributed by atoms with E-state index in [1.807, 2.05) is 38.1 Å². The van der Waals surface area contributed by atoms with Gasteiger partial charge in [-0.2, -0.15) is 5.10 Å². The molecule has 7 nitrogen and oxygen atoms in total. The maximum absolute atomic E-state index is 12.7. The van der Waals surface area contributed by atoms with Crippen LogP contribution in [0.2, 0.25) is 0 Å². The summed E-state index contributed by atoms with van der Waals surface area (Å²) in [5.74, 6) is 0.360. The van der Waals surface area contributed by atoms with Gasteiger partial charge in [-0.1, -0.05) is 13.8 Å². The van der Waals surface area contributed by atoms with Crippen molar-refractivity contribution in [3.05, 3.63) is 42.2 Å². The maximum Gasteiger partial charge on any atom is 0.274 e. The normalized spacial score (nSPS) is 10.4. The first kappa shape index (κ1) is 19.5. The number of amides is 2. The molecule has 7 heteroatoms. The number of hydrogen-bond acceptors (Lipinski definition) is 4. The van der Waals surface area contributed by atoms with Crippen LogP contribution in [0.15, 0.2) is 36.5 Å². The van der Waals surface area contributed by atoms with Crippen molar-refractivity contribution >= 4 is 11.8 Å². The Morgan fingerprint density at radius 3 is 2.50 bits per heavy atom. The van der Waals surface area contributed by atoms with Crippen LogP contribution in [0.5, 0.6) is 5.75 Å². The zero-order chi connectivity index (χ0) is 18.9. The van der Waals surface area contributed by atoms with E-state index in [9.17, 15) is 9.59 Å². The van der Waals surface area contributed by atoms with Gasteiger partial charge in [0, 0.05) is 19.3 Å². The molecule has 0 radical (unpaired) electrons. The summed E-state index contributed by atoms with van der Waals surface area (Å²) in [5.41, 5.74) is 1.14. The molecule has 0 saturated heterocycles. The molecule has 0 aliphatic heterocycles. The minimum absolute atomic E-state index is 0.0437. The van der Waals surface area contributed by atoms with Crippen LogP contribution in [0.25, 0.3) is 5.69 Å². The number of nitrogens with zero attached hydrogens (tertiary/aromatic N) is 3. The molecule has 0 bridgehead atoms. The van der Waals surface area contributed by atoms with Crippen LogP contribution in [0.3, 0.4) is 0 Å². The van der Waals surface area contributed by atoms with Crippen LogP contribution < -0.4 is 10.1 Å². The van der Waals surface area contributed by atoms with Crippen molar-refractivity contribution in [1.82, 2.24) is 20.0 Å². The topological polar surface area (TPSA) is 76.5 Å². The molecule has 2 rings (SSSR count). The van der Waals surface area contributed by atoms with E-state index in [4.69, 9.17) is 4.74 Å². The van der Waals surface area contributed by atoms with Gasteiger partial charge < -0.3 is 15.0 Å². The van der Waals surface area contributed by atoms with Gasteiger partial charge in [0.2, 0.25) is 5.91 Å². The number of hydrogen-bond donors (Lipinski definition) is 1. The second-order valence-corrected chi connectivity index (χ2v) is 5.92. The third-order valence-electron chi connectivity index (χ3n) is 3.83. The van der Waals surface area contributed by atoms with Gasteiger partial charge in [-0.25, -0.2) is 4.68 Å². The van der Waals surface area contributed by atoms with Gasteiger partial charge in [0.05, 0.1) is 19.3 Å². The zero-order valence-corrected chi connectivity index (χ0v) is 15.6. The van der Waals surface area contributed by atoms with E-state index in [0.29, 0.717) is 18.8 Å². The van der Waals surface area contributed by atoms with Crippen molar-refractivity contribution in [3.8, 4) is 11.4 Å². The number of rotatable bonds is 9. The van der Waals surface area contributed by atoms with Crippen LogP contribution in [0.4, 0.5) is 0 Å². The Hall–Kier alpha value is -2.83. The number of benzene rings is 1. The van der Waals surface area contributed by atoms with Gasteiger partial charge in [0.25, 0.3) is 5.91 Å². The number of methoxy groups -OCH3 is 1. The van der Waals surface area contributed by atoms with Gasteiger partial charge in [0.15, 0.2) is 5.69 Å². The minimum Gasteiger partial charge on any atom is -0.497 e. The zero-order valence-electron chi connectivity index (χ0n) is 15.6. The van der Waals surface area contributed by atoms with Crippen molar-refractivity contribution in [2.75, 3.05) is 26.7 Å². The highest BCUT2D eigenvalue weighted by molar-refractivity contribution is 5.94. The van der Waals surface area contributed by atoms with Gasteiger partial charge in [-0.3, -0.25) is 9.59 Å². The second-order valence-electron chi connectivity index (χ2n) is 5.92. The molecule has 2 aromatic rings. The van der Waals surface area contributed by atoms with Crippen LogP contribution in [-0.2, 0) is 4.79 Å². The summed E-state index contributed by atoms with van der Waals surface area (Å²) >= 11 is 0. The van der Waals surface area contributed by atoms with Crippen molar-refractivity contribution in [2.24, 2.45) is 0 Å². The predicted octanol–water partition coefficient (Wildman–Crippen LogP) is 2.26. The molecule has 1 heterocycles. The first-order valence-electron chi connectivity index (χ1n) is 8.85. The van der Waals surface area contributed by atoms with Crippen LogP contribution in [0.1, 0.15) is 37.2 Å². The number of ether oxygens (including phenoxy) is 1. The third-order valence-corrected chi connectivity index (χ3v) is 3.83. The molecular weight excluding hydrogens is 332 g/mol. The molecule has 0 saturated carbocycles. The van der Waals surface area contributed by atoms with Gasteiger partial charge >= 0.3 is 0 Å². The predicted molar refractivity (Wildman–Crippen MR) is 99.6 cm³/mol. The van der Waals surface area contributed by atoms with E-state index in [1.54, 1.807) is 24.1 Å². The summed E-state index contributed by atoms with van der Waals surface area (Å²) in [6.45, 7) is 5.12. The van der Waals surface area contributed by atoms with E-state index in [1.165, 1.54) is 4.90 Å². The lowest BCUT2D eigenvalue weighted by Gasteiger charge is -2.20. The number of carbonyl (C=O) groups excluding carboxylic acids is 2. The minimum atomic E-state index is -0.245. The fourth-order valence-corrected chi connectivity index (χ4v) is 2.49. The van der Waals surface area contributed by atoms with Crippen molar-refractivity contribution in [1.29, 1.82) is 0 Å². The highest BCUT2D eigenvalue weighted by Crippen LogP contribution is 2.15. The molecule has 0 spiro atoms. The molecule has 0 fully saturated rings. The molecule has 1 aromatic carbocycles. The van der Waals surface area contributed by atoms with E-state index in [2.05, 4.69) is 10.4 Å². The van der Waals surface area contributed by atoms with E-state index in [-0.39, 0.29) is 18.4 Å². The third kappa shape index (κ3) is 5.08. The molecule has 2 amide bonds. The number of carbonyl (C=O) groups is 2. The largest absolute Gasteiger partial charge is 0.497 e. The van der Waals surface area contributed by atoms with Crippen LogP contribution in [-0.4, -0.2) is 53.2 Å². The summed E-state index contributed by atoms with van der Waals surface area (Å²) in [7, 11) is 1.61. The Morgan fingerprint density at radius 2 is 1.88 bits per heavy atom. The Labute approximate surface area is 153 Å². The van der Waals surface area contributed by atoms with Gasteiger partial charge in [0.1, 0.15) is 5.75 Å². The fraction of sp³-hybridized carbons (Fsp3) is 0.421. The first-order valence-corrected chi connectivity index (χ1v) is 8.85. The highest BCUT2D eigenvalue weighted by atomic mass is 16.5. The standard InChI is InChI=1S/C19H26N4O3/c1-4-11-20-18(24)14-22(12-5-2)19(25)17-10-13-23(21-17)15-6-8-16(26-3)9-7-15/h6-10,13H,4-5,11-12,14H2,1-3H3,(H,20,24). The smallest absolute Gasteiger partial charge is 0.274 e. The lowest BCUT2D eigenvalue weighted by molar-refractivity contribution is -0.121. The Morgan fingerprint density at radius 1 is 1.15 bits per heavy atom. The maximum atomic E-state index is 12.7. The van der Waals surface area contributed by atoms with E-state index < -0.39 is 0 Å². The summed E-state index contributed by atoms with van der Waals surface area (Å²) in [5, 5.41) is 7.16. The average Bonchev–Trinajstić information content (AvgIpc) is 3.15. The van der Waals surface area contributed by atoms with Crippen molar-refractivity contribution in [3.63, 3.8) is 0 Å². The highest BCUT2D eigenvalue weighted by Gasteiger charge is 2.20. The SMILES string of the molecule is CCCNC(=O)CN(CCC)C(=O)c1ccn(-c2ccc(OC)cc2)n1. The molecule has 0 aliphatic rings. The molecule has 1 aromatic heterocycles. The van der Waals surface area contributed by atoms with Crippen LogP contribution >= 0.6 is 0 Å². The van der Waals surface area contributed by atoms with E-state index in [0.717, 1.165) is 24.3 Å². The molecule has 0 aliphatic carbocycles. The monoisotopic (exact) mass is 358 g/mol. The van der Waals surface area contributed by atoms with Gasteiger partial charge in [-0.05, 0) is 43.2 Å². The Bertz CT molecular complexity index is 725. The lowest BCUT2D eigenvalue weighted by Crippen LogP contribution is -2.41. The average molecular weight is 358 g/mol. The molecule has 0 unspecified atom stereocenters. The molecule has 140 valence electrons. The summed E-state index contributed by atoms with van der Waals surface area (Å²) < 4.78 is 6.78. The quantitative estimate of drug-likeness (QED) is 0.746. The molecule has 26 heavy (non-hydrogen) atoms. The summed E-state index contributed by atoms with van der Waals surface area (Å²) in [4.78, 5) is 26.2. The van der Waals surface area contributed by atoms with Crippen molar-refractivity contribution < 1.29 is 14.3 Å². The van der Waals surface area contributed by atoms with Gasteiger partial charge in [-0.15, -0.1) is 0 Å². The Kier molecular flexibility index (Phi) is 7.20. The lowest BCUT2D eigenvalue weighted by atomic mass is 10.3. The summed E-state index contributed by atoms with van der Waals surface area (Å²) in [6, 6.07) is 9.06. The number of nitrogens with one attached hydrogen (secondary N) is 1. The molecule has 1 N–H and O–H groups in total. The van der Waals surface area contributed by atoms with Crippen molar-refractivity contribution in [2.45, 2.75) is 26.7 Å². The number of aromatic nitrogens is 2. The second kappa shape index (κ2) is 9.60. The Balaban J connectivity index is 2.10. The van der Waals surface area contributed by atoms with E-state index >= 15 is 0 Å². The summed E-state index contributed by atoms with van der Waals surface area (Å²) in [6.07, 6.45) is 3.36. The van der Waals surface area contributed by atoms with Crippen LogP contribution in [0, 0.1) is 0 Å². The first-order chi connectivity index (χ1) is 12.6. The molecular formula is C19H26N4O3. The fourth-order valence-electron chi connectivity index (χ4n) is 2.49. The molecule has 0 atom stereocenters.